The monoisotopic (exact) mass is 316 g/mol. The summed E-state index contributed by atoms with van der Waals surface area (Å²) in [6.07, 6.45) is 1.67. The van der Waals surface area contributed by atoms with Crippen LogP contribution in [-0.4, -0.2) is 22.1 Å². The highest BCUT2D eigenvalue weighted by molar-refractivity contribution is 5.86. The zero-order chi connectivity index (χ0) is 17.0. The first-order valence-electron chi connectivity index (χ1n) is 7.50. The van der Waals surface area contributed by atoms with E-state index < -0.39 is 5.60 Å². The van der Waals surface area contributed by atoms with Crippen molar-refractivity contribution in [2.45, 2.75) is 39.3 Å². The van der Waals surface area contributed by atoms with Crippen LogP contribution in [0.1, 0.15) is 32.5 Å². The molecule has 0 aliphatic heterocycles. The van der Waals surface area contributed by atoms with E-state index in [4.69, 9.17) is 4.74 Å². The van der Waals surface area contributed by atoms with Gasteiger partial charge in [0.1, 0.15) is 17.1 Å². The summed E-state index contributed by atoms with van der Waals surface area (Å²) in [7, 11) is 0. The Bertz CT molecular complexity index is 746. The Labute approximate surface area is 135 Å². The van der Waals surface area contributed by atoms with Crippen molar-refractivity contribution in [2.24, 2.45) is 4.99 Å². The molecule has 0 spiro atoms. The number of carbonyl (C=O) groups excluding carboxylic acids is 1. The van der Waals surface area contributed by atoms with Gasteiger partial charge in [0.05, 0.1) is 0 Å². The number of carbonyl (C=O) groups is 1. The Morgan fingerprint density at radius 3 is 2.43 bits per heavy atom. The van der Waals surface area contributed by atoms with Crippen LogP contribution in [0, 0.1) is 5.82 Å². The van der Waals surface area contributed by atoms with E-state index in [0.717, 1.165) is 0 Å². The van der Waals surface area contributed by atoms with Crippen LogP contribution in [0.2, 0.25) is 0 Å². The normalized spacial score (nSPS) is 12.5. The fraction of sp³-hybridized carbons (Fsp3) is 0.333. The first-order chi connectivity index (χ1) is 10.8. The Morgan fingerprint density at radius 2 is 1.83 bits per heavy atom. The number of halogens is 1. The zero-order valence-electron chi connectivity index (χ0n) is 13.8. The van der Waals surface area contributed by atoms with Gasteiger partial charge in [-0.2, -0.15) is 0 Å². The topological polar surface area (TPSA) is 43.6 Å². The number of benzene rings is 1. The lowest BCUT2D eigenvalue weighted by Crippen LogP contribution is -2.45. The molecule has 0 atom stereocenters. The lowest BCUT2D eigenvalue weighted by molar-refractivity contribution is 0.0481. The van der Waals surface area contributed by atoms with E-state index >= 15 is 0 Å². The number of aromatic nitrogens is 1. The third kappa shape index (κ3) is 4.28. The van der Waals surface area contributed by atoms with Crippen molar-refractivity contribution >= 4 is 5.91 Å². The SMILES string of the molecule is CC(C)N=c1ccccn1C(=O)C(C)(C)Oc1ccc(F)cc1. The minimum atomic E-state index is -1.12. The van der Waals surface area contributed by atoms with Gasteiger partial charge in [0, 0.05) is 12.2 Å². The van der Waals surface area contributed by atoms with Crippen LogP contribution in [0.15, 0.2) is 53.7 Å². The highest BCUT2D eigenvalue weighted by atomic mass is 19.1. The van der Waals surface area contributed by atoms with Gasteiger partial charge in [-0.1, -0.05) is 6.07 Å². The zero-order valence-corrected chi connectivity index (χ0v) is 13.8. The standard InChI is InChI=1S/C18H21FN2O2/c1-13(2)20-16-7-5-6-12-21(16)17(22)18(3,4)23-15-10-8-14(19)9-11-15/h5-13H,1-4H3. The van der Waals surface area contributed by atoms with Gasteiger partial charge in [-0.25, -0.2) is 4.39 Å². The Balaban J connectivity index is 2.33. The van der Waals surface area contributed by atoms with E-state index in [1.165, 1.54) is 28.8 Å². The highest BCUT2D eigenvalue weighted by Gasteiger charge is 2.31. The van der Waals surface area contributed by atoms with Crippen molar-refractivity contribution in [3.8, 4) is 5.75 Å². The lowest BCUT2D eigenvalue weighted by Gasteiger charge is -2.25. The second-order valence-electron chi connectivity index (χ2n) is 6.02. The Hall–Kier alpha value is -2.43. The summed E-state index contributed by atoms with van der Waals surface area (Å²) in [4.78, 5) is 17.3. The Kier molecular flexibility index (Phi) is 4.98. The Morgan fingerprint density at radius 1 is 1.17 bits per heavy atom. The molecule has 2 rings (SSSR count). The summed E-state index contributed by atoms with van der Waals surface area (Å²) in [5.41, 5.74) is -0.547. The summed E-state index contributed by atoms with van der Waals surface area (Å²) in [5.74, 6) is -0.164. The highest BCUT2D eigenvalue weighted by Crippen LogP contribution is 2.20. The number of hydrogen-bond acceptors (Lipinski definition) is 3. The minimum absolute atomic E-state index is 0.0672. The third-order valence-electron chi connectivity index (χ3n) is 3.15. The van der Waals surface area contributed by atoms with Gasteiger partial charge in [0.2, 0.25) is 0 Å². The van der Waals surface area contributed by atoms with Crippen molar-refractivity contribution in [1.29, 1.82) is 0 Å². The molecule has 1 heterocycles. The van der Waals surface area contributed by atoms with Gasteiger partial charge in [0.15, 0.2) is 5.60 Å². The van der Waals surface area contributed by atoms with Gasteiger partial charge in [-0.05, 0) is 64.1 Å². The van der Waals surface area contributed by atoms with Gasteiger partial charge < -0.3 is 4.74 Å². The molecule has 0 saturated carbocycles. The fourth-order valence-corrected chi connectivity index (χ4v) is 2.11. The van der Waals surface area contributed by atoms with Gasteiger partial charge >= 0.3 is 0 Å². The van der Waals surface area contributed by atoms with Crippen LogP contribution in [0.25, 0.3) is 0 Å². The lowest BCUT2D eigenvalue weighted by atomic mass is 10.1. The molecule has 2 aromatic rings. The molecule has 0 unspecified atom stereocenters. The van der Waals surface area contributed by atoms with Gasteiger partial charge in [-0.3, -0.25) is 14.4 Å². The van der Waals surface area contributed by atoms with Gasteiger partial charge in [-0.15, -0.1) is 0 Å². The van der Waals surface area contributed by atoms with Crippen LogP contribution in [-0.2, 0) is 0 Å². The smallest absolute Gasteiger partial charge is 0.275 e. The molecule has 0 saturated heterocycles. The first kappa shape index (κ1) is 16.9. The van der Waals surface area contributed by atoms with Crippen molar-refractivity contribution in [2.75, 3.05) is 0 Å². The second kappa shape index (κ2) is 6.77. The number of rotatable bonds is 4. The summed E-state index contributed by atoms with van der Waals surface area (Å²) < 4.78 is 20.2. The molecule has 0 amide bonds. The molecule has 0 aliphatic carbocycles. The average molecular weight is 316 g/mol. The molecule has 1 aromatic carbocycles. The fourth-order valence-electron chi connectivity index (χ4n) is 2.11. The van der Waals surface area contributed by atoms with Crippen molar-refractivity contribution < 1.29 is 13.9 Å². The van der Waals surface area contributed by atoms with E-state index in [-0.39, 0.29) is 17.8 Å². The largest absolute Gasteiger partial charge is 0.478 e. The second-order valence-corrected chi connectivity index (χ2v) is 6.02. The van der Waals surface area contributed by atoms with E-state index in [1.54, 1.807) is 32.2 Å². The maximum Gasteiger partial charge on any atom is 0.275 e. The molecule has 4 nitrogen and oxygen atoms in total. The van der Waals surface area contributed by atoms with Gasteiger partial charge in [0.25, 0.3) is 5.91 Å². The summed E-state index contributed by atoms with van der Waals surface area (Å²) >= 11 is 0. The van der Waals surface area contributed by atoms with Crippen molar-refractivity contribution in [3.05, 3.63) is 60.0 Å². The molecule has 1 aromatic heterocycles. The van der Waals surface area contributed by atoms with Crippen LogP contribution in [0.5, 0.6) is 5.75 Å². The maximum absolute atomic E-state index is 13.0. The quantitative estimate of drug-likeness (QED) is 0.867. The number of nitrogens with zero attached hydrogens (tertiary/aromatic N) is 2. The number of pyridine rings is 1. The molecule has 0 fully saturated rings. The maximum atomic E-state index is 13.0. The van der Waals surface area contributed by atoms with E-state index in [2.05, 4.69) is 4.99 Å². The van der Waals surface area contributed by atoms with Crippen molar-refractivity contribution in [1.82, 2.24) is 4.57 Å². The third-order valence-corrected chi connectivity index (χ3v) is 3.15. The molecular weight excluding hydrogens is 295 g/mol. The van der Waals surface area contributed by atoms with Crippen molar-refractivity contribution in [3.63, 3.8) is 0 Å². The van der Waals surface area contributed by atoms with Crippen LogP contribution >= 0.6 is 0 Å². The number of ether oxygens (including phenoxy) is 1. The number of hydrogen-bond donors (Lipinski definition) is 0. The first-order valence-corrected chi connectivity index (χ1v) is 7.50. The van der Waals surface area contributed by atoms with E-state index in [0.29, 0.717) is 11.2 Å². The van der Waals surface area contributed by atoms with E-state index in [9.17, 15) is 9.18 Å². The van der Waals surface area contributed by atoms with E-state index in [1.807, 2.05) is 19.9 Å². The average Bonchev–Trinajstić information content (AvgIpc) is 2.49. The molecule has 0 bridgehead atoms. The molecule has 23 heavy (non-hydrogen) atoms. The predicted octanol–water partition coefficient (Wildman–Crippen LogP) is 3.43. The predicted molar refractivity (Wildman–Crippen MR) is 86.9 cm³/mol. The molecule has 5 heteroatoms. The minimum Gasteiger partial charge on any atom is -0.478 e. The molecule has 0 N–H and O–H groups in total. The summed E-state index contributed by atoms with van der Waals surface area (Å²) in [6.45, 7) is 7.25. The molecule has 0 radical (unpaired) electrons. The summed E-state index contributed by atoms with van der Waals surface area (Å²) in [5, 5.41) is 0. The molecular formula is C18H21FN2O2. The van der Waals surface area contributed by atoms with Crippen LogP contribution in [0.3, 0.4) is 0 Å². The van der Waals surface area contributed by atoms with Crippen LogP contribution in [0.4, 0.5) is 4.39 Å². The summed E-state index contributed by atoms with van der Waals surface area (Å²) in [6, 6.07) is 11.0. The molecule has 0 aliphatic rings. The van der Waals surface area contributed by atoms with Crippen LogP contribution < -0.4 is 10.2 Å². The molecule has 122 valence electrons.